The van der Waals surface area contributed by atoms with Gasteiger partial charge in [0.1, 0.15) is 11.5 Å². The van der Waals surface area contributed by atoms with E-state index in [9.17, 15) is 0 Å². The van der Waals surface area contributed by atoms with Crippen molar-refractivity contribution in [1.82, 2.24) is 0 Å². The summed E-state index contributed by atoms with van der Waals surface area (Å²) in [5, 5.41) is 0. The van der Waals surface area contributed by atoms with Gasteiger partial charge in [0.05, 0.1) is 14.2 Å². The van der Waals surface area contributed by atoms with Crippen molar-refractivity contribution in [3.8, 4) is 11.5 Å². The molecule has 0 aromatic heterocycles. The molecule has 1 aliphatic carbocycles. The van der Waals surface area contributed by atoms with E-state index in [1.165, 1.54) is 65.5 Å². The molecule has 0 saturated heterocycles. The molecule has 53 heavy (non-hydrogen) atoms. The summed E-state index contributed by atoms with van der Waals surface area (Å²) in [5.41, 5.74) is 9.91. The van der Waals surface area contributed by atoms with Gasteiger partial charge in [0.15, 0.2) is 0 Å². The lowest BCUT2D eigenvalue weighted by Gasteiger charge is -2.34. The number of nitrogens with zero attached hydrogens (tertiary/aromatic N) is 2. The van der Waals surface area contributed by atoms with Gasteiger partial charge in [-0.05, 0) is 53.1 Å². The maximum Gasteiger partial charge on any atom is 0.124 e. The minimum Gasteiger partial charge on any atom is -0.496 e. The topological polar surface area (TPSA) is 24.9 Å². The summed E-state index contributed by atoms with van der Waals surface area (Å²) in [6, 6.07) is 56.8. The molecule has 0 radical (unpaired) electrons. The number of hydrogen-bond acceptors (Lipinski definition) is 4. The number of benzene rings is 6. The second kappa shape index (κ2) is 17.8. The lowest BCUT2D eigenvalue weighted by molar-refractivity contribution is 0.313. The van der Waals surface area contributed by atoms with E-state index in [4.69, 9.17) is 9.47 Å². The van der Waals surface area contributed by atoms with Crippen molar-refractivity contribution in [2.45, 2.75) is 64.2 Å². The van der Waals surface area contributed by atoms with Crippen molar-refractivity contribution < 1.29 is 9.47 Å². The van der Waals surface area contributed by atoms with Gasteiger partial charge >= 0.3 is 0 Å². The van der Waals surface area contributed by atoms with E-state index < -0.39 is 0 Å². The second-order valence-corrected chi connectivity index (χ2v) is 14.4. The predicted molar refractivity (Wildman–Crippen MR) is 220 cm³/mol. The highest BCUT2D eigenvalue weighted by Crippen LogP contribution is 2.48. The minimum atomic E-state index is 0.150. The molecule has 4 heteroatoms. The van der Waals surface area contributed by atoms with Crippen LogP contribution < -0.4 is 19.3 Å². The third kappa shape index (κ3) is 9.13. The first-order chi connectivity index (χ1) is 26.2. The van der Waals surface area contributed by atoms with Crippen LogP contribution in [0.1, 0.15) is 71.4 Å². The first-order valence-electron chi connectivity index (χ1n) is 19.2. The zero-order chi connectivity index (χ0) is 36.2. The molecule has 270 valence electrons. The van der Waals surface area contributed by atoms with Crippen LogP contribution in [-0.2, 0) is 26.2 Å². The van der Waals surface area contributed by atoms with E-state index in [1.54, 1.807) is 0 Å². The van der Waals surface area contributed by atoms with E-state index in [2.05, 4.69) is 168 Å². The highest BCUT2D eigenvalue weighted by molar-refractivity contribution is 5.61. The second-order valence-electron chi connectivity index (χ2n) is 14.4. The average Bonchev–Trinajstić information content (AvgIpc) is 3.22. The Labute approximate surface area is 316 Å². The molecule has 1 aliphatic rings. The first kappa shape index (κ1) is 35.9. The fourth-order valence-corrected chi connectivity index (χ4v) is 8.14. The number of methoxy groups -OCH3 is 2. The van der Waals surface area contributed by atoms with Crippen molar-refractivity contribution >= 4 is 11.4 Å². The van der Waals surface area contributed by atoms with Crippen LogP contribution >= 0.6 is 0 Å². The summed E-state index contributed by atoms with van der Waals surface area (Å²) < 4.78 is 12.6. The minimum absolute atomic E-state index is 0.150. The Balaban J connectivity index is 1.26. The number of hydrogen-bond donors (Lipinski definition) is 0. The molecule has 4 nitrogen and oxygen atoms in total. The number of rotatable bonds is 15. The van der Waals surface area contributed by atoms with Gasteiger partial charge in [-0.1, -0.05) is 153 Å². The molecule has 0 heterocycles. The molecule has 0 spiro atoms. The van der Waals surface area contributed by atoms with E-state index in [0.717, 1.165) is 49.1 Å². The largest absolute Gasteiger partial charge is 0.496 e. The molecular weight excluding hydrogens is 649 g/mol. The van der Waals surface area contributed by atoms with Crippen molar-refractivity contribution in [2.24, 2.45) is 5.92 Å². The highest BCUT2D eigenvalue weighted by atomic mass is 16.5. The molecule has 0 amide bonds. The number of anilines is 2. The van der Waals surface area contributed by atoms with Crippen LogP contribution in [0.25, 0.3) is 0 Å². The molecule has 0 unspecified atom stereocenters. The predicted octanol–water partition coefficient (Wildman–Crippen LogP) is 11.8. The van der Waals surface area contributed by atoms with Gasteiger partial charge in [-0.25, -0.2) is 0 Å². The molecule has 7 rings (SSSR count). The molecule has 6 aromatic rings. The first-order valence-corrected chi connectivity index (χ1v) is 19.2. The highest BCUT2D eigenvalue weighted by Gasteiger charge is 2.32. The third-order valence-corrected chi connectivity index (χ3v) is 10.8. The van der Waals surface area contributed by atoms with Gasteiger partial charge in [-0.2, -0.15) is 0 Å². The summed E-state index contributed by atoms with van der Waals surface area (Å²) in [4.78, 5) is 4.91. The Kier molecular flexibility index (Phi) is 12.1. The van der Waals surface area contributed by atoms with Crippen LogP contribution in [-0.4, -0.2) is 14.2 Å². The summed E-state index contributed by atoms with van der Waals surface area (Å²) in [6.45, 7) is 3.23. The van der Waals surface area contributed by atoms with Gasteiger partial charge in [0, 0.05) is 66.7 Å². The molecule has 1 saturated carbocycles. The Bertz CT molecular complexity index is 1770. The van der Waals surface area contributed by atoms with Crippen molar-refractivity contribution in [1.29, 1.82) is 0 Å². The summed E-state index contributed by atoms with van der Waals surface area (Å²) in [7, 11) is 3.65. The van der Waals surface area contributed by atoms with Crippen LogP contribution in [0.15, 0.2) is 158 Å². The molecular formula is C49H52N2O2. The SMILES string of the molecule is COc1cc(N(Cc2ccccc2)Cc2ccccc2)ccc1C(c1ccc(N(Cc2ccccc2)Cc2ccccc2)cc1OC)C1CCCCC1. The van der Waals surface area contributed by atoms with Gasteiger partial charge in [-0.15, -0.1) is 0 Å². The fraction of sp³-hybridized carbons (Fsp3) is 0.265. The van der Waals surface area contributed by atoms with E-state index in [0.29, 0.717) is 5.92 Å². The van der Waals surface area contributed by atoms with E-state index in [-0.39, 0.29) is 5.92 Å². The fourth-order valence-electron chi connectivity index (χ4n) is 8.14. The van der Waals surface area contributed by atoms with Gasteiger partial charge in [-0.3, -0.25) is 0 Å². The van der Waals surface area contributed by atoms with Crippen LogP contribution in [0.4, 0.5) is 11.4 Å². The zero-order valence-corrected chi connectivity index (χ0v) is 31.2. The molecule has 1 fully saturated rings. The summed E-state index contributed by atoms with van der Waals surface area (Å²) in [6.07, 6.45) is 6.21. The lowest BCUT2D eigenvalue weighted by Crippen LogP contribution is -2.23. The Hall–Kier alpha value is -5.48. The van der Waals surface area contributed by atoms with Crippen LogP contribution in [0, 0.1) is 5.92 Å². The van der Waals surface area contributed by atoms with Crippen LogP contribution in [0.5, 0.6) is 11.5 Å². The molecule has 0 bridgehead atoms. The Morgan fingerprint density at radius 2 is 0.792 bits per heavy atom. The third-order valence-electron chi connectivity index (χ3n) is 10.8. The molecule has 0 N–H and O–H groups in total. The summed E-state index contributed by atoms with van der Waals surface area (Å²) >= 11 is 0. The molecule has 0 atom stereocenters. The van der Waals surface area contributed by atoms with Crippen molar-refractivity contribution in [2.75, 3.05) is 24.0 Å². The van der Waals surface area contributed by atoms with Gasteiger partial charge < -0.3 is 19.3 Å². The summed E-state index contributed by atoms with van der Waals surface area (Å²) in [5.74, 6) is 2.52. The van der Waals surface area contributed by atoms with Crippen LogP contribution in [0.2, 0.25) is 0 Å². The van der Waals surface area contributed by atoms with Crippen molar-refractivity contribution in [3.05, 3.63) is 191 Å². The quantitative estimate of drug-likeness (QED) is 0.106. The smallest absolute Gasteiger partial charge is 0.124 e. The standard InChI is InChI=1S/C49H52N2O2/c1-52-47-32-43(50(34-38-18-8-3-9-19-38)35-39-20-10-4-11-21-39)28-30-45(47)49(42-26-16-7-17-27-42)46-31-29-44(33-48(46)53-2)51(36-40-22-12-5-13-23-40)37-41-24-14-6-15-25-41/h3-6,8-15,18-25,28-33,42,49H,7,16-17,26-27,34-37H2,1-2H3. The number of ether oxygens (including phenoxy) is 2. The zero-order valence-electron chi connectivity index (χ0n) is 31.2. The maximum absolute atomic E-state index is 6.32. The Morgan fingerprint density at radius 3 is 1.11 bits per heavy atom. The van der Waals surface area contributed by atoms with E-state index >= 15 is 0 Å². The Morgan fingerprint density at radius 1 is 0.453 bits per heavy atom. The maximum atomic E-state index is 6.32. The van der Waals surface area contributed by atoms with E-state index in [1.807, 2.05) is 14.2 Å². The normalized spacial score (nSPS) is 13.1. The molecule has 0 aliphatic heterocycles. The average molecular weight is 701 g/mol. The van der Waals surface area contributed by atoms with Gasteiger partial charge in [0.2, 0.25) is 0 Å². The molecule has 6 aromatic carbocycles. The monoisotopic (exact) mass is 700 g/mol. The van der Waals surface area contributed by atoms with Gasteiger partial charge in [0.25, 0.3) is 0 Å². The van der Waals surface area contributed by atoms with Crippen LogP contribution in [0.3, 0.4) is 0 Å². The lowest BCUT2D eigenvalue weighted by atomic mass is 9.73. The van der Waals surface area contributed by atoms with Crippen molar-refractivity contribution in [3.63, 3.8) is 0 Å².